The van der Waals surface area contributed by atoms with Crippen LogP contribution in [0.2, 0.25) is 0 Å². The molecule has 0 aliphatic heterocycles. The van der Waals surface area contributed by atoms with Crippen molar-refractivity contribution in [1.29, 1.82) is 0 Å². The van der Waals surface area contributed by atoms with Crippen molar-refractivity contribution in [3.05, 3.63) is 78.6 Å². The molecule has 2 aromatic carbocycles. The zero-order valence-corrected chi connectivity index (χ0v) is 17.9. The highest BCUT2D eigenvalue weighted by molar-refractivity contribution is 7.89. The number of benzene rings is 2. The lowest BCUT2D eigenvalue weighted by atomic mass is 10.2. The van der Waals surface area contributed by atoms with Crippen molar-refractivity contribution >= 4 is 21.6 Å². The van der Waals surface area contributed by atoms with E-state index >= 15 is 0 Å². The van der Waals surface area contributed by atoms with E-state index in [1.165, 1.54) is 38.3 Å². The Kier molecular flexibility index (Phi) is 7.22. The number of amides is 1. The first-order valence-electron chi connectivity index (χ1n) is 9.47. The van der Waals surface area contributed by atoms with Crippen molar-refractivity contribution in [2.24, 2.45) is 0 Å². The van der Waals surface area contributed by atoms with Crippen LogP contribution in [-0.2, 0) is 21.4 Å². The summed E-state index contributed by atoms with van der Waals surface area (Å²) in [6, 6.07) is 17.3. The van der Waals surface area contributed by atoms with Gasteiger partial charge in [0.1, 0.15) is 18.1 Å². The molecule has 9 heteroatoms. The zero-order valence-electron chi connectivity index (χ0n) is 17.1. The molecule has 0 fully saturated rings. The first-order chi connectivity index (χ1) is 14.9. The molecule has 0 bridgehead atoms. The Morgan fingerprint density at radius 2 is 1.81 bits per heavy atom. The van der Waals surface area contributed by atoms with Gasteiger partial charge in [0.15, 0.2) is 0 Å². The van der Waals surface area contributed by atoms with Gasteiger partial charge in [-0.2, -0.15) is 4.72 Å². The van der Waals surface area contributed by atoms with Gasteiger partial charge in [0, 0.05) is 18.0 Å². The number of anilines is 1. The number of methoxy groups -OCH3 is 1. The predicted octanol–water partition coefficient (Wildman–Crippen LogP) is 2.97. The quantitative estimate of drug-likeness (QED) is 0.529. The molecule has 0 radical (unpaired) electrons. The minimum Gasteiger partial charge on any atom is -0.497 e. The normalized spacial score (nSPS) is 12.1. The van der Waals surface area contributed by atoms with E-state index in [4.69, 9.17) is 9.47 Å². The second-order valence-electron chi connectivity index (χ2n) is 6.65. The molecule has 0 saturated heterocycles. The number of carbonyl (C=O) groups excluding carboxylic acids is 1. The summed E-state index contributed by atoms with van der Waals surface area (Å²) in [6.45, 7) is 1.76. The van der Waals surface area contributed by atoms with Crippen LogP contribution in [0, 0.1) is 0 Å². The number of nitrogens with one attached hydrogen (secondary N) is 2. The fourth-order valence-electron chi connectivity index (χ4n) is 2.66. The Bertz CT molecular complexity index is 1120. The van der Waals surface area contributed by atoms with Crippen LogP contribution < -0.4 is 19.5 Å². The largest absolute Gasteiger partial charge is 0.497 e. The van der Waals surface area contributed by atoms with Crippen LogP contribution in [-0.4, -0.2) is 32.5 Å². The number of aromatic nitrogens is 1. The number of hydrogen-bond donors (Lipinski definition) is 2. The van der Waals surface area contributed by atoms with Crippen molar-refractivity contribution in [2.45, 2.75) is 24.5 Å². The minimum atomic E-state index is -3.87. The topological polar surface area (TPSA) is 107 Å². The summed E-state index contributed by atoms with van der Waals surface area (Å²) in [5.41, 5.74) is 1.26. The highest BCUT2D eigenvalue weighted by Gasteiger charge is 2.22. The molecule has 0 aliphatic carbocycles. The summed E-state index contributed by atoms with van der Waals surface area (Å²) in [4.78, 5) is 16.7. The van der Waals surface area contributed by atoms with E-state index in [1.807, 2.05) is 18.2 Å². The molecule has 0 spiro atoms. The van der Waals surface area contributed by atoms with Gasteiger partial charge in [-0.15, -0.1) is 0 Å². The van der Waals surface area contributed by atoms with Crippen molar-refractivity contribution in [1.82, 2.24) is 9.71 Å². The predicted molar refractivity (Wildman–Crippen MR) is 116 cm³/mol. The summed E-state index contributed by atoms with van der Waals surface area (Å²) in [5, 5.41) is 2.69. The van der Waals surface area contributed by atoms with Crippen LogP contribution in [0.1, 0.15) is 12.6 Å². The van der Waals surface area contributed by atoms with E-state index in [0.29, 0.717) is 17.2 Å². The van der Waals surface area contributed by atoms with Crippen LogP contribution in [0.4, 0.5) is 5.69 Å². The van der Waals surface area contributed by atoms with Crippen LogP contribution in [0.3, 0.4) is 0 Å². The lowest BCUT2D eigenvalue weighted by Crippen LogP contribution is -2.41. The molecule has 3 rings (SSSR count). The molecule has 1 heterocycles. The first kappa shape index (κ1) is 22.3. The average molecular weight is 442 g/mol. The summed E-state index contributed by atoms with van der Waals surface area (Å²) in [7, 11) is -2.37. The molecule has 1 aromatic heterocycles. The second-order valence-corrected chi connectivity index (χ2v) is 8.36. The SMILES string of the molecule is COc1ccc(S(=O)(=O)N[C@@H](C)C(=O)Nc2cccc(OCc3ccccn3)c2)cc1. The number of rotatable bonds is 9. The molecule has 0 aliphatic rings. The van der Waals surface area contributed by atoms with E-state index in [0.717, 1.165) is 5.69 Å². The van der Waals surface area contributed by atoms with Gasteiger partial charge in [0.2, 0.25) is 15.9 Å². The zero-order chi connectivity index (χ0) is 22.3. The highest BCUT2D eigenvalue weighted by atomic mass is 32.2. The number of hydrogen-bond acceptors (Lipinski definition) is 6. The van der Waals surface area contributed by atoms with Crippen LogP contribution in [0.25, 0.3) is 0 Å². The van der Waals surface area contributed by atoms with Gasteiger partial charge < -0.3 is 14.8 Å². The van der Waals surface area contributed by atoms with Gasteiger partial charge in [0.05, 0.1) is 23.7 Å². The van der Waals surface area contributed by atoms with E-state index in [2.05, 4.69) is 15.0 Å². The smallest absolute Gasteiger partial charge is 0.242 e. The number of nitrogens with zero attached hydrogens (tertiary/aromatic N) is 1. The van der Waals surface area contributed by atoms with Crippen LogP contribution >= 0.6 is 0 Å². The lowest BCUT2D eigenvalue weighted by molar-refractivity contribution is -0.117. The van der Waals surface area contributed by atoms with E-state index in [1.54, 1.807) is 30.5 Å². The van der Waals surface area contributed by atoms with Crippen LogP contribution in [0.15, 0.2) is 77.8 Å². The van der Waals surface area contributed by atoms with Gasteiger partial charge in [0.25, 0.3) is 0 Å². The molecule has 2 N–H and O–H groups in total. The summed E-state index contributed by atoms with van der Waals surface area (Å²) >= 11 is 0. The van der Waals surface area contributed by atoms with Crippen molar-refractivity contribution in [2.75, 3.05) is 12.4 Å². The maximum Gasteiger partial charge on any atom is 0.242 e. The Labute approximate surface area is 181 Å². The number of pyridine rings is 1. The fraction of sp³-hybridized carbons (Fsp3) is 0.182. The standard InChI is InChI=1S/C22H23N3O5S/c1-16(25-31(27,28)21-11-9-19(29-2)10-12-21)22(26)24-17-7-5-8-20(14-17)30-15-18-6-3-4-13-23-18/h3-14,16,25H,15H2,1-2H3,(H,24,26)/t16-/m0/s1. The van der Waals surface area contributed by atoms with Crippen molar-refractivity contribution in [3.8, 4) is 11.5 Å². The monoisotopic (exact) mass is 441 g/mol. The molecule has 1 amide bonds. The summed E-state index contributed by atoms with van der Waals surface area (Å²) < 4.78 is 38.1. The first-order valence-corrected chi connectivity index (χ1v) is 11.0. The van der Waals surface area contributed by atoms with Crippen molar-refractivity contribution in [3.63, 3.8) is 0 Å². The third-order valence-corrected chi connectivity index (χ3v) is 5.87. The van der Waals surface area contributed by atoms with Gasteiger partial charge in [-0.25, -0.2) is 8.42 Å². The molecule has 31 heavy (non-hydrogen) atoms. The summed E-state index contributed by atoms with van der Waals surface area (Å²) in [5.74, 6) is 0.587. The molecule has 0 unspecified atom stereocenters. The molecular weight excluding hydrogens is 418 g/mol. The third-order valence-electron chi connectivity index (χ3n) is 4.31. The van der Waals surface area contributed by atoms with Crippen LogP contribution in [0.5, 0.6) is 11.5 Å². The van der Waals surface area contributed by atoms with Crippen molar-refractivity contribution < 1.29 is 22.7 Å². The Morgan fingerprint density at radius 1 is 1.03 bits per heavy atom. The average Bonchev–Trinajstić information content (AvgIpc) is 2.78. The summed E-state index contributed by atoms with van der Waals surface area (Å²) in [6.07, 6.45) is 1.68. The number of ether oxygens (including phenoxy) is 2. The molecular formula is C22H23N3O5S. The third kappa shape index (κ3) is 6.27. The molecule has 162 valence electrons. The van der Waals surface area contributed by atoms with E-state index in [-0.39, 0.29) is 11.5 Å². The van der Waals surface area contributed by atoms with Gasteiger partial charge in [-0.05, 0) is 55.5 Å². The maximum absolute atomic E-state index is 12.5. The van der Waals surface area contributed by atoms with Gasteiger partial charge in [-0.1, -0.05) is 12.1 Å². The molecule has 8 nitrogen and oxygen atoms in total. The number of sulfonamides is 1. The maximum atomic E-state index is 12.5. The lowest BCUT2D eigenvalue weighted by Gasteiger charge is -2.15. The minimum absolute atomic E-state index is 0.0397. The van der Waals surface area contributed by atoms with E-state index in [9.17, 15) is 13.2 Å². The fourth-order valence-corrected chi connectivity index (χ4v) is 3.87. The van der Waals surface area contributed by atoms with Gasteiger partial charge >= 0.3 is 0 Å². The number of carbonyl (C=O) groups is 1. The van der Waals surface area contributed by atoms with Gasteiger partial charge in [-0.3, -0.25) is 9.78 Å². The Morgan fingerprint density at radius 3 is 2.48 bits per heavy atom. The Balaban J connectivity index is 1.59. The molecule has 0 saturated carbocycles. The second kappa shape index (κ2) is 10.1. The molecule has 1 atom stereocenters. The molecule has 3 aromatic rings. The Hall–Kier alpha value is -3.43. The van der Waals surface area contributed by atoms with E-state index < -0.39 is 22.0 Å². The highest BCUT2D eigenvalue weighted by Crippen LogP contribution is 2.19.